The molecule has 3 unspecified atom stereocenters. The second-order valence-corrected chi connectivity index (χ2v) is 8.17. The highest BCUT2D eigenvalue weighted by molar-refractivity contribution is 7.89. The zero-order valence-corrected chi connectivity index (χ0v) is 14.8. The number of carbonyl (C=O) groups is 1. The Bertz CT molecular complexity index is 472. The zero-order valence-electron chi connectivity index (χ0n) is 13.2. The van der Waals surface area contributed by atoms with Gasteiger partial charge in [0.2, 0.25) is 15.9 Å². The van der Waals surface area contributed by atoms with E-state index in [4.69, 9.17) is 5.73 Å². The third-order valence-electron chi connectivity index (χ3n) is 4.62. The quantitative estimate of drug-likeness (QED) is 0.740. The molecule has 6 nitrogen and oxygen atoms in total. The topological polar surface area (TPSA) is 92.5 Å². The number of hydrogen-bond donors (Lipinski definition) is 2. The van der Waals surface area contributed by atoms with Gasteiger partial charge in [-0.3, -0.25) is 4.79 Å². The average Bonchev–Trinajstić information content (AvgIpc) is 3.07. The van der Waals surface area contributed by atoms with Crippen LogP contribution in [0, 0.1) is 5.92 Å². The molecule has 0 bridgehead atoms. The van der Waals surface area contributed by atoms with Crippen molar-refractivity contribution >= 4 is 28.3 Å². The third-order valence-corrected chi connectivity index (χ3v) is 6.69. The van der Waals surface area contributed by atoms with Crippen molar-refractivity contribution in [2.45, 2.75) is 57.5 Å². The van der Waals surface area contributed by atoms with Gasteiger partial charge in [-0.1, -0.05) is 13.3 Å². The van der Waals surface area contributed by atoms with Crippen LogP contribution in [0.4, 0.5) is 0 Å². The van der Waals surface area contributed by atoms with E-state index in [1.807, 2.05) is 6.92 Å². The van der Waals surface area contributed by atoms with Gasteiger partial charge in [-0.2, -0.15) is 4.31 Å². The molecule has 1 aliphatic carbocycles. The van der Waals surface area contributed by atoms with Crippen molar-refractivity contribution in [3.63, 3.8) is 0 Å². The molecule has 0 aromatic carbocycles. The Balaban J connectivity index is 0.00000242. The van der Waals surface area contributed by atoms with Gasteiger partial charge < -0.3 is 11.1 Å². The second-order valence-electron chi connectivity index (χ2n) is 6.13. The summed E-state index contributed by atoms with van der Waals surface area (Å²) in [7, 11) is -3.31. The number of rotatable bonds is 6. The van der Waals surface area contributed by atoms with Crippen molar-refractivity contribution in [3.05, 3.63) is 0 Å². The van der Waals surface area contributed by atoms with Gasteiger partial charge in [0, 0.05) is 12.6 Å². The Labute approximate surface area is 139 Å². The molecular formula is C14H28ClN3O3S. The highest BCUT2D eigenvalue weighted by atomic mass is 35.5. The van der Waals surface area contributed by atoms with E-state index in [9.17, 15) is 13.2 Å². The van der Waals surface area contributed by atoms with Crippen LogP contribution in [-0.4, -0.2) is 49.6 Å². The first-order valence-corrected chi connectivity index (χ1v) is 9.60. The van der Waals surface area contributed by atoms with Crippen molar-refractivity contribution in [2.24, 2.45) is 11.7 Å². The van der Waals surface area contributed by atoms with Gasteiger partial charge in [0.05, 0.1) is 5.75 Å². The zero-order chi connectivity index (χ0) is 15.5. The first-order valence-electron chi connectivity index (χ1n) is 7.99. The number of nitrogens with two attached hydrogens (primary N) is 1. The maximum atomic E-state index is 12.5. The highest BCUT2D eigenvalue weighted by Crippen LogP contribution is 2.26. The number of amides is 1. The molecule has 0 aromatic rings. The number of carbonyl (C=O) groups excluding carboxylic acids is 1. The van der Waals surface area contributed by atoms with E-state index < -0.39 is 16.1 Å². The maximum absolute atomic E-state index is 12.5. The number of nitrogens with one attached hydrogen (secondary N) is 1. The Kier molecular flexibility index (Phi) is 7.58. The van der Waals surface area contributed by atoms with Crippen LogP contribution in [-0.2, 0) is 14.8 Å². The van der Waals surface area contributed by atoms with E-state index in [2.05, 4.69) is 5.32 Å². The fourth-order valence-corrected chi connectivity index (χ4v) is 5.24. The Hall–Kier alpha value is -0.370. The van der Waals surface area contributed by atoms with Gasteiger partial charge in [-0.05, 0) is 44.6 Å². The van der Waals surface area contributed by atoms with Crippen molar-refractivity contribution in [3.8, 4) is 0 Å². The summed E-state index contributed by atoms with van der Waals surface area (Å²) in [6.07, 6.45) is 5.02. The van der Waals surface area contributed by atoms with Crippen LogP contribution in [0.25, 0.3) is 0 Å². The lowest BCUT2D eigenvalue weighted by molar-refractivity contribution is -0.125. The van der Waals surface area contributed by atoms with E-state index in [1.54, 1.807) is 0 Å². The summed E-state index contributed by atoms with van der Waals surface area (Å²) in [5, 5.41) is 3.04. The Morgan fingerprint density at radius 3 is 2.64 bits per heavy atom. The lowest BCUT2D eigenvalue weighted by Gasteiger charge is -2.26. The minimum atomic E-state index is -3.31. The highest BCUT2D eigenvalue weighted by Gasteiger charge is 2.39. The molecule has 2 rings (SSSR count). The molecule has 2 fully saturated rings. The van der Waals surface area contributed by atoms with Crippen LogP contribution in [0.15, 0.2) is 0 Å². The summed E-state index contributed by atoms with van der Waals surface area (Å²) in [5.41, 5.74) is 5.73. The molecule has 1 amide bonds. The molecule has 130 valence electrons. The molecule has 0 aromatic heterocycles. The normalized spacial score (nSPS) is 29.3. The fourth-order valence-electron chi connectivity index (χ4n) is 3.50. The molecule has 3 N–H and O–H groups in total. The minimum Gasteiger partial charge on any atom is -0.352 e. The summed E-state index contributed by atoms with van der Waals surface area (Å²) in [4.78, 5) is 12.5. The number of halogens is 1. The summed E-state index contributed by atoms with van der Waals surface area (Å²) >= 11 is 0. The standard InChI is InChI=1S/C14H27N3O3S.ClH/c1-2-9-21(19,20)17-8-4-7-13(17)14(18)16-12-6-3-5-11(12)10-15;/h11-13H,2-10,15H2,1H3,(H,16,18);1H. The molecule has 8 heteroatoms. The van der Waals surface area contributed by atoms with Gasteiger partial charge in [-0.25, -0.2) is 8.42 Å². The van der Waals surface area contributed by atoms with Crippen molar-refractivity contribution in [1.82, 2.24) is 9.62 Å². The van der Waals surface area contributed by atoms with Crippen LogP contribution >= 0.6 is 12.4 Å². The molecule has 1 saturated carbocycles. The van der Waals surface area contributed by atoms with Crippen LogP contribution in [0.3, 0.4) is 0 Å². The van der Waals surface area contributed by atoms with Crippen molar-refractivity contribution in [2.75, 3.05) is 18.8 Å². The summed E-state index contributed by atoms with van der Waals surface area (Å²) in [6.45, 7) is 2.88. The molecule has 22 heavy (non-hydrogen) atoms. The minimum absolute atomic E-state index is 0. The predicted octanol–water partition coefficient (Wildman–Crippen LogP) is 0.856. The molecule has 3 atom stereocenters. The monoisotopic (exact) mass is 353 g/mol. The third kappa shape index (κ3) is 4.34. The largest absolute Gasteiger partial charge is 0.352 e. The van der Waals surface area contributed by atoms with Gasteiger partial charge in [0.1, 0.15) is 6.04 Å². The lowest BCUT2D eigenvalue weighted by Crippen LogP contribution is -2.50. The number of nitrogens with zero attached hydrogens (tertiary/aromatic N) is 1. The SMILES string of the molecule is CCCS(=O)(=O)N1CCCC1C(=O)NC1CCCC1CN.Cl. The Morgan fingerprint density at radius 1 is 1.27 bits per heavy atom. The maximum Gasteiger partial charge on any atom is 0.238 e. The van der Waals surface area contributed by atoms with E-state index in [-0.39, 0.29) is 30.1 Å². The first-order chi connectivity index (χ1) is 9.99. The summed E-state index contributed by atoms with van der Waals surface area (Å²) in [6, 6.07) is -0.417. The van der Waals surface area contributed by atoms with Gasteiger partial charge in [0.15, 0.2) is 0 Å². The van der Waals surface area contributed by atoms with Gasteiger partial charge in [0.25, 0.3) is 0 Å². The smallest absolute Gasteiger partial charge is 0.238 e. The second kappa shape index (κ2) is 8.47. The molecule has 1 heterocycles. The Morgan fingerprint density at radius 2 is 2.00 bits per heavy atom. The molecule has 1 aliphatic heterocycles. The predicted molar refractivity (Wildman–Crippen MR) is 89.4 cm³/mol. The van der Waals surface area contributed by atoms with Crippen LogP contribution in [0.5, 0.6) is 0 Å². The molecule has 1 saturated heterocycles. The molecule has 0 radical (unpaired) electrons. The molecule has 0 spiro atoms. The van der Waals surface area contributed by atoms with Gasteiger partial charge in [-0.15, -0.1) is 12.4 Å². The van der Waals surface area contributed by atoms with E-state index in [0.29, 0.717) is 31.8 Å². The molecule has 2 aliphatic rings. The van der Waals surface area contributed by atoms with Gasteiger partial charge >= 0.3 is 0 Å². The number of sulfonamides is 1. The summed E-state index contributed by atoms with van der Waals surface area (Å²) in [5.74, 6) is 0.305. The first kappa shape index (κ1) is 19.7. The van der Waals surface area contributed by atoms with Crippen LogP contribution < -0.4 is 11.1 Å². The van der Waals surface area contributed by atoms with Crippen molar-refractivity contribution < 1.29 is 13.2 Å². The van der Waals surface area contributed by atoms with Crippen LogP contribution in [0.2, 0.25) is 0 Å². The van der Waals surface area contributed by atoms with Crippen molar-refractivity contribution in [1.29, 1.82) is 0 Å². The number of hydrogen-bond acceptors (Lipinski definition) is 4. The van der Waals surface area contributed by atoms with E-state index in [0.717, 1.165) is 25.7 Å². The van der Waals surface area contributed by atoms with E-state index in [1.165, 1.54) is 4.31 Å². The molecular weight excluding hydrogens is 326 g/mol. The summed E-state index contributed by atoms with van der Waals surface area (Å²) < 4.78 is 25.9. The van der Waals surface area contributed by atoms with Crippen LogP contribution in [0.1, 0.15) is 45.4 Å². The average molecular weight is 354 g/mol. The lowest BCUT2D eigenvalue weighted by atomic mass is 10.0. The van der Waals surface area contributed by atoms with E-state index >= 15 is 0 Å². The fraction of sp³-hybridized carbons (Fsp3) is 0.929.